The maximum Gasteiger partial charge on any atom is 0.253 e. The van der Waals surface area contributed by atoms with Crippen molar-refractivity contribution < 1.29 is 4.79 Å². The van der Waals surface area contributed by atoms with Crippen LogP contribution in [0.25, 0.3) is 0 Å². The van der Waals surface area contributed by atoms with Crippen LogP contribution in [0.3, 0.4) is 0 Å². The van der Waals surface area contributed by atoms with E-state index in [4.69, 9.17) is 23.2 Å². The van der Waals surface area contributed by atoms with Crippen molar-refractivity contribution in [2.45, 2.75) is 6.92 Å². The number of hydrogen-bond acceptors (Lipinski definition) is 2. The highest BCUT2D eigenvalue weighted by atomic mass is 35.5. The highest BCUT2D eigenvalue weighted by Crippen LogP contribution is 2.18. The molecule has 5 heteroatoms. The molecule has 19 heavy (non-hydrogen) atoms. The minimum absolute atomic E-state index is 0.0882. The lowest BCUT2D eigenvalue weighted by Crippen LogP contribution is -2.49. The second kappa shape index (κ2) is 6.60. The maximum atomic E-state index is 12.4. The lowest BCUT2D eigenvalue weighted by molar-refractivity contribution is 0.0644. The third kappa shape index (κ3) is 3.62. The summed E-state index contributed by atoms with van der Waals surface area (Å²) in [4.78, 5) is 16.5. The van der Waals surface area contributed by atoms with Gasteiger partial charge in [-0.3, -0.25) is 9.69 Å². The van der Waals surface area contributed by atoms with E-state index in [-0.39, 0.29) is 5.91 Å². The second-order valence-electron chi connectivity index (χ2n) is 4.79. The molecule has 1 heterocycles. The molecular weight excluding hydrogens is 283 g/mol. The molecule has 1 amide bonds. The summed E-state index contributed by atoms with van der Waals surface area (Å²) >= 11 is 11.7. The first-order valence-electron chi connectivity index (χ1n) is 6.45. The predicted molar refractivity (Wildman–Crippen MR) is 79.3 cm³/mol. The lowest BCUT2D eigenvalue weighted by atomic mass is 10.1. The molecule has 0 bridgehead atoms. The molecule has 1 saturated heterocycles. The van der Waals surface area contributed by atoms with Crippen LogP contribution < -0.4 is 0 Å². The van der Waals surface area contributed by atoms with Gasteiger partial charge in [-0.25, -0.2) is 0 Å². The number of amides is 1. The molecular formula is C14H18Cl2N2O. The summed E-state index contributed by atoms with van der Waals surface area (Å²) in [6.45, 7) is 6.12. The van der Waals surface area contributed by atoms with Gasteiger partial charge in [0.05, 0.1) is 0 Å². The Kier molecular flexibility index (Phi) is 5.08. The van der Waals surface area contributed by atoms with E-state index in [1.165, 1.54) is 0 Å². The first-order valence-corrected chi connectivity index (χ1v) is 7.37. The molecule has 0 N–H and O–H groups in total. The fraction of sp³-hybridized carbons (Fsp3) is 0.500. The molecule has 0 atom stereocenters. The zero-order chi connectivity index (χ0) is 13.8. The Morgan fingerprint density at radius 2 is 1.95 bits per heavy atom. The topological polar surface area (TPSA) is 23.6 Å². The molecule has 0 unspecified atom stereocenters. The van der Waals surface area contributed by atoms with Crippen molar-refractivity contribution in [2.24, 2.45) is 0 Å². The average molecular weight is 301 g/mol. The van der Waals surface area contributed by atoms with Crippen LogP contribution in [0.4, 0.5) is 0 Å². The predicted octanol–water partition coefficient (Wildman–Crippen LogP) is 2.65. The zero-order valence-corrected chi connectivity index (χ0v) is 12.5. The molecule has 0 aliphatic carbocycles. The summed E-state index contributed by atoms with van der Waals surface area (Å²) in [5.41, 5.74) is 1.65. The van der Waals surface area contributed by atoms with Crippen molar-refractivity contribution in [1.82, 2.24) is 9.80 Å². The molecule has 1 fully saturated rings. The van der Waals surface area contributed by atoms with E-state index in [1.54, 1.807) is 12.1 Å². The molecule has 1 aliphatic heterocycles. The van der Waals surface area contributed by atoms with Gasteiger partial charge in [0.1, 0.15) is 0 Å². The summed E-state index contributed by atoms with van der Waals surface area (Å²) in [6, 6.07) is 5.44. The van der Waals surface area contributed by atoms with Crippen LogP contribution in [0.5, 0.6) is 0 Å². The largest absolute Gasteiger partial charge is 0.336 e. The molecule has 104 valence electrons. The lowest BCUT2D eigenvalue weighted by Gasteiger charge is -2.34. The molecule has 3 nitrogen and oxygen atoms in total. The fourth-order valence-electron chi connectivity index (χ4n) is 2.25. The highest BCUT2D eigenvalue weighted by molar-refractivity contribution is 6.31. The van der Waals surface area contributed by atoms with Crippen molar-refractivity contribution in [1.29, 1.82) is 0 Å². The van der Waals surface area contributed by atoms with E-state index < -0.39 is 0 Å². The minimum Gasteiger partial charge on any atom is -0.336 e. The van der Waals surface area contributed by atoms with Crippen molar-refractivity contribution >= 4 is 29.1 Å². The first kappa shape index (κ1) is 14.6. The number of nitrogens with zero attached hydrogens (tertiary/aromatic N) is 2. The maximum absolute atomic E-state index is 12.4. The number of hydrogen-bond donors (Lipinski definition) is 0. The summed E-state index contributed by atoms with van der Waals surface area (Å²) < 4.78 is 0. The Balaban J connectivity index is 1.99. The summed E-state index contributed by atoms with van der Waals surface area (Å²) in [5.74, 6) is 0.731. The Hall–Kier alpha value is -0.770. The molecule has 0 saturated carbocycles. The molecule has 1 aromatic carbocycles. The highest BCUT2D eigenvalue weighted by Gasteiger charge is 2.21. The quantitative estimate of drug-likeness (QED) is 0.801. The van der Waals surface area contributed by atoms with Gasteiger partial charge in [0.2, 0.25) is 0 Å². The number of alkyl halides is 1. The van der Waals surface area contributed by atoms with Gasteiger partial charge in [-0.2, -0.15) is 0 Å². The van der Waals surface area contributed by atoms with Crippen LogP contribution in [-0.2, 0) is 0 Å². The second-order valence-corrected chi connectivity index (χ2v) is 5.57. The number of aryl methyl sites for hydroxylation is 1. The third-order valence-electron chi connectivity index (χ3n) is 3.47. The van der Waals surface area contributed by atoms with Crippen molar-refractivity contribution in [3.05, 3.63) is 34.3 Å². The van der Waals surface area contributed by atoms with Gasteiger partial charge in [-0.15, -0.1) is 11.6 Å². The number of benzene rings is 1. The monoisotopic (exact) mass is 300 g/mol. The van der Waals surface area contributed by atoms with Gasteiger partial charge in [0, 0.05) is 49.2 Å². The smallest absolute Gasteiger partial charge is 0.253 e. The molecule has 0 radical (unpaired) electrons. The van der Waals surface area contributed by atoms with Gasteiger partial charge in [-0.05, 0) is 30.7 Å². The van der Waals surface area contributed by atoms with Crippen LogP contribution in [0, 0.1) is 6.92 Å². The van der Waals surface area contributed by atoms with Crippen molar-refractivity contribution in [3.63, 3.8) is 0 Å². The van der Waals surface area contributed by atoms with Gasteiger partial charge in [0.25, 0.3) is 5.91 Å². The van der Waals surface area contributed by atoms with E-state index in [1.807, 2.05) is 17.9 Å². The molecule has 2 rings (SSSR count). The Bertz CT molecular complexity index is 457. The van der Waals surface area contributed by atoms with Gasteiger partial charge >= 0.3 is 0 Å². The SMILES string of the molecule is Cc1cc(C(=O)N2CCN(CCCl)CC2)ccc1Cl. The van der Waals surface area contributed by atoms with E-state index >= 15 is 0 Å². The molecule has 0 spiro atoms. The first-order chi connectivity index (χ1) is 9.11. The molecule has 1 aliphatic rings. The van der Waals surface area contributed by atoms with Crippen molar-refractivity contribution in [2.75, 3.05) is 38.6 Å². The Morgan fingerprint density at radius 3 is 2.53 bits per heavy atom. The average Bonchev–Trinajstić information content (AvgIpc) is 2.42. The van der Waals surface area contributed by atoms with E-state index in [0.29, 0.717) is 16.5 Å². The summed E-state index contributed by atoms with van der Waals surface area (Å²) in [5, 5.41) is 0.698. The van der Waals surface area contributed by atoms with Crippen molar-refractivity contribution in [3.8, 4) is 0 Å². The number of carbonyl (C=O) groups is 1. The van der Waals surface area contributed by atoms with Gasteiger partial charge < -0.3 is 4.90 Å². The fourth-order valence-corrected chi connectivity index (χ4v) is 2.61. The summed E-state index contributed by atoms with van der Waals surface area (Å²) in [6.07, 6.45) is 0. The van der Waals surface area contributed by atoms with Gasteiger partial charge in [-0.1, -0.05) is 11.6 Å². The number of piperazine rings is 1. The van der Waals surface area contributed by atoms with E-state index in [0.717, 1.165) is 38.3 Å². The zero-order valence-electron chi connectivity index (χ0n) is 11.0. The number of carbonyl (C=O) groups excluding carboxylic acids is 1. The molecule has 0 aromatic heterocycles. The standard InChI is InChI=1S/C14H18Cl2N2O/c1-11-10-12(2-3-13(11)16)14(19)18-8-6-17(5-4-15)7-9-18/h2-3,10H,4-9H2,1H3. The molecule has 1 aromatic rings. The minimum atomic E-state index is 0.0882. The van der Waals surface area contributed by atoms with Crippen LogP contribution >= 0.6 is 23.2 Å². The van der Waals surface area contributed by atoms with Crippen LogP contribution in [-0.4, -0.2) is 54.3 Å². The van der Waals surface area contributed by atoms with Crippen LogP contribution in [0.15, 0.2) is 18.2 Å². The van der Waals surface area contributed by atoms with Crippen LogP contribution in [0.2, 0.25) is 5.02 Å². The van der Waals surface area contributed by atoms with Crippen LogP contribution in [0.1, 0.15) is 15.9 Å². The Labute approximate surface area is 124 Å². The third-order valence-corrected chi connectivity index (χ3v) is 4.06. The Morgan fingerprint density at radius 1 is 1.26 bits per heavy atom. The number of halogens is 2. The van der Waals surface area contributed by atoms with E-state index in [9.17, 15) is 4.79 Å². The number of rotatable bonds is 3. The van der Waals surface area contributed by atoms with Gasteiger partial charge in [0.15, 0.2) is 0 Å². The summed E-state index contributed by atoms with van der Waals surface area (Å²) in [7, 11) is 0. The van der Waals surface area contributed by atoms with E-state index in [2.05, 4.69) is 4.90 Å². The normalized spacial score (nSPS) is 16.7.